The lowest BCUT2D eigenvalue weighted by Crippen LogP contribution is -2.48. The van der Waals surface area contributed by atoms with Crippen LogP contribution in [0.4, 0.5) is 10.1 Å². The van der Waals surface area contributed by atoms with Gasteiger partial charge in [-0.15, -0.1) is 0 Å². The molecule has 0 saturated carbocycles. The van der Waals surface area contributed by atoms with Gasteiger partial charge in [0.2, 0.25) is 0 Å². The Kier molecular flexibility index (Phi) is 4.87. The summed E-state index contributed by atoms with van der Waals surface area (Å²) in [5.41, 5.74) is 1.53. The smallest absolute Gasteiger partial charge is 0.269 e. The molecule has 1 saturated heterocycles. The highest BCUT2D eigenvalue weighted by atomic mass is 19.1. The van der Waals surface area contributed by atoms with E-state index in [-0.39, 0.29) is 11.7 Å². The van der Waals surface area contributed by atoms with Crippen LogP contribution < -0.4 is 10.2 Å². The van der Waals surface area contributed by atoms with E-state index >= 15 is 0 Å². The van der Waals surface area contributed by atoms with Gasteiger partial charge in [0, 0.05) is 51.2 Å². The third kappa shape index (κ3) is 4.07. The van der Waals surface area contributed by atoms with Crippen LogP contribution in [-0.2, 0) is 0 Å². The van der Waals surface area contributed by atoms with Crippen molar-refractivity contribution in [3.05, 3.63) is 48.0 Å². The van der Waals surface area contributed by atoms with E-state index in [1.807, 2.05) is 12.1 Å². The van der Waals surface area contributed by atoms with Gasteiger partial charge >= 0.3 is 0 Å². The average Bonchev–Trinajstić information content (AvgIpc) is 3.11. The first-order valence-electron chi connectivity index (χ1n) is 7.73. The van der Waals surface area contributed by atoms with Crippen LogP contribution in [0.2, 0.25) is 0 Å². The van der Waals surface area contributed by atoms with Crippen LogP contribution in [0.5, 0.6) is 0 Å². The number of hydrogen-bond acceptors (Lipinski definition) is 4. The minimum Gasteiger partial charge on any atom is -0.369 e. The Morgan fingerprint density at radius 2 is 1.91 bits per heavy atom. The molecule has 6 nitrogen and oxygen atoms in total. The van der Waals surface area contributed by atoms with Crippen molar-refractivity contribution in [2.45, 2.75) is 0 Å². The second-order valence-electron chi connectivity index (χ2n) is 5.53. The lowest BCUT2D eigenvalue weighted by atomic mass is 10.2. The first-order valence-corrected chi connectivity index (χ1v) is 7.73. The highest BCUT2D eigenvalue weighted by Crippen LogP contribution is 2.16. The SMILES string of the molecule is O=C(NCCN1CCN(c2ccc(F)cc2)CC1)c1ccn[nH]1. The normalized spacial score (nSPS) is 15.6. The van der Waals surface area contributed by atoms with Gasteiger partial charge < -0.3 is 10.2 Å². The lowest BCUT2D eigenvalue weighted by Gasteiger charge is -2.36. The fourth-order valence-electron chi connectivity index (χ4n) is 2.69. The van der Waals surface area contributed by atoms with E-state index in [0.717, 1.165) is 38.4 Å². The molecule has 7 heteroatoms. The summed E-state index contributed by atoms with van der Waals surface area (Å²) < 4.78 is 13.0. The monoisotopic (exact) mass is 317 g/mol. The van der Waals surface area contributed by atoms with Crippen LogP contribution in [-0.4, -0.2) is 60.3 Å². The third-order valence-corrected chi connectivity index (χ3v) is 4.02. The summed E-state index contributed by atoms with van der Waals surface area (Å²) in [6, 6.07) is 8.27. The number of nitrogens with one attached hydrogen (secondary N) is 2. The van der Waals surface area contributed by atoms with Crippen LogP contribution in [0, 0.1) is 5.82 Å². The predicted octanol–water partition coefficient (Wildman–Crippen LogP) is 1.10. The molecule has 1 aromatic heterocycles. The van der Waals surface area contributed by atoms with Crippen molar-refractivity contribution in [1.82, 2.24) is 20.4 Å². The maximum Gasteiger partial charge on any atom is 0.269 e. The van der Waals surface area contributed by atoms with Crippen molar-refractivity contribution >= 4 is 11.6 Å². The molecule has 23 heavy (non-hydrogen) atoms. The van der Waals surface area contributed by atoms with E-state index < -0.39 is 0 Å². The van der Waals surface area contributed by atoms with E-state index in [0.29, 0.717) is 12.2 Å². The number of H-pyrrole nitrogens is 1. The summed E-state index contributed by atoms with van der Waals surface area (Å²) in [5.74, 6) is -0.340. The Balaban J connectivity index is 1.39. The summed E-state index contributed by atoms with van der Waals surface area (Å²) in [6.07, 6.45) is 1.56. The third-order valence-electron chi connectivity index (χ3n) is 4.02. The predicted molar refractivity (Wildman–Crippen MR) is 86.0 cm³/mol. The summed E-state index contributed by atoms with van der Waals surface area (Å²) in [6.45, 7) is 5.08. The first-order chi connectivity index (χ1) is 11.2. The standard InChI is InChI=1S/C16H20FN5O/c17-13-1-3-14(4-2-13)22-11-9-21(10-12-22)8-7-18-16(23)15-5-6-19-20-15/h1-6H,7-12H2,(H,18,23)(H,19,20). The molecule has 0 spiro atoms. The van der Waals surface area contributed by atoms with Crippen LogP contribution in [0.1, 0.15) is 10.5 Å². The molecule has 1 fully saturated rings. The molecule has 1 aromatic carbocycles. The topological polar surface area (TPSA) is 64.3 Å². The molecular weight excluding hydrogens is 297 g/mol. The van der Waals surface area contributed by atoms with E-state index in [1.54, 1.807) is 12.3 Å². The number of benzene rings is 1. The highest BCUT2D eigenvalue weighted by Gasteiger charge is 2.17. The molecule has 0 radical (unpaired) electrons. The van der Waals surface area contributed by atoms with Gasteiger partial charge in [-0.05, 0) is 30.3 Å². The molecule has 3 rings (SSSR count). The molecule has 1 aliphatic rings. The van der Waals surface area contributed by atoms with Gasteiger partial charge in [0.15, 0.2) is 0 Å². The number of anilines is 1. The number of aromatic nitrogens is 2. The van der Waals surface area contributed by atoms with Gasteiger partial charge in [-0.3, -0.25) is 14.8 Å². The Morgan fingerprint density at radius 3 is 2.57 bits per heavy atom. The number of carbonyl (C=O) groups excluding carboxylic acids is 1. The number of piperazine rings is 1. The zero-order chi connectivity index (χ0) is 16.1. The molecular formula is C16H20FN5O. The van der Waals surface area contributed by atoms with Gasteiger partial charge in [0.1, 0.15) is 11.5 Å². The quantitative estimate of drug-likeness (QED) is 0.867. The number of rotatable bonds is 5. The van der Waals surface area contributed by atoms with Gasteiger partial charge in [-0.2, -0.15) is 5.10 Å². The van der Waals surface area contributed by atoms with Gasteiger partial charge in [0.05, 0.1) is 0 Å². The summed E-state index contributed by atoms with van der Waals surface area (Å²) >= 11 is 0. The van der Waals surface area contributed by atoms with E-state index in [1.165, 1.54) is 12.1 Å². The molecule has 0 aliphatic carbocycles. The maximum atomic E-state index is 13.0. The number of hydrogen-bond donors (Lipinski definition) is 2. The zero-order valence-electron chi connectivity index (χ0n) is 12.8. The van der Waals surface area contributed by atoms with Crippen molar-refractivity contribution in [3.63, 3.8) is 0 Å². The van der Waals surface area contributed by atoms with Crippen molar-refractivity contribution < 1.29 is 9.18 Å². The van der Waals surface area contributed by atoms with Crippen molar-refractivity contribution in [2.75, 3.05) is 44.2 Å². The van der Waals surface area contributed by atoms with E-state index in [9.17, 15) is 9.18 Å². The number of nitrogens with zero attached hydrogens (tertiary/aromatic N) is 3. The highest BCUT2D eigenvalue weighted by molar-refractivity contribution is 5.92. The maximum absolute atomic E-state index is 13.0. The summed E-state index contributed by atoms with van der Waals surface area (Å²) in [7, 11) is 0. The molecule has 1 amide bonds. The molecule has 1 aliphatic heterocycles. The number of halogens is 1. The van der Waals surface area contributed by atoms with Crippen molar-refractivity contribution in [3.8, 4) is 0 Å². The summed E-state index contributed by atoms with van der Waals surface area (Å²) in [4.78, 5) is 16.3. The molecule has 122 valence electrons. The Labute approximate surface area is 134 Å². The number of aromatic amines is 1. The molecule has 2 N–H and O–H groups in total. The number of carbonyl (C=O) groups is 1. The number of amides is 1. The van der Waals surface area contributed by atoms with Crippen LogP contribution in [0.15, 0.2) is 36.5 Å². The Hall–Kier alpha value is -2.41. The molecule has 0 atom stereocenters. The van der Waals surface area contributed by atoms with Crippen LogP contribution >= 0.6 is 0 Å². The summed E-state index contributed by atoms with van der Waals surface area (Å²) in [5, 5.41) is 9.28. The molecule has 2 aromatic rings. The van der Waals surface area contributed by atoms with Crippen LogP contribution in [0.25, 0.3) is 0 Å². The van der Waals surface area contributed by atoms with Crippen LogP contribution in [0.3, 0.4) is 0 Å². The Bertz CT molecular complexity index is 620. The first kappa shape index (κ1) is 15.5. The minimum atomic E-state index is -0.208. The van der Waals surface area contributed by atoms with Gasteiger partial charge in [-0.1, -0.05) is 0 Å². The molecule has 2 heterocycles. The Morgan fingerprint density at radius 1 is 1.17 bits per heavy atom. The van der Waals surface area contributed by atoms with Gasteiger partial charge in [0.25, 0.3) is 5.91 Å². The largest absolute Gasteiger partial charge is 0.369 e. The molecule has 0 bridgehead atoms. The van der Waals surface area contributed by atoms with Crippen molar-refractivity contribution in [2.24, 2.45) is 0 Å². The molecule has 0 unspecified atom stereocenters. The second kappa shape index (κ2) is 7.23. The van der Waals surface area contributed by atoms with E-state index in [4.69, 9.17) is 0 Å². The fraction of sp³-hybridized carbons (Fsp3) is 0.375. The van der Waals surface area contributed by atoms with E-state index in [2.05, 4.69) is 25.3 Å². The lowest BCUT2D eigenvalue weighted by molar-refractivity contribution is 0.0943. The average molecular weight is 317 g/mol. The van der Waals surface area contributed by atoms with Crippen molar-refractivity contribution in [1.29, 1.82) is 0 Å². The minimum absolute atomic E-state index is 0.132. The second-order valence-corrected chi connectivity index (χ2v) is 5.53. The van der Waals surface area contributed by atoms with Gasteiger partial charge in [-0.25, -0.2) is 4.39 Å². The zero-order valence-corrected chi connectivity index (χ0v) is 12.8. The fourth-order valence-corrected chi connectivity index (χ4v) is 2.69.